The van der Waals surface area contributed by atoms with Gasteiger partial charge in [-0.05, 0) is 24.0 Å². The normalized spacial score (nSPS) is 21.2. The van der Waals surface area contributed by atoms with E-state index in [-0.39, 0.29) is 31.2 Å². The molecule has 5 atom stereocenters. The summed E-state index contributed by atoms with van der Waals surface area (Å²) >= 11 is 0. The summed E-state index contributed by atoms with van der Waals surface area (Å²) in [7, 11) is 0. The minimum absolute atomic E-state index is 0.0370. The molecule has 13 heteroatoms. The van der Waals surface area contributed by atoms with E-state index < -0.39 is 47.5 Å². The van der Waals surface area contributed by atoms with Crippen LogP contribution in [0.3, 0.4) is 0 Å². The highest BCUT2D eigenvalue weighted by molar-refractivity contribution is 6.05. The van der Waals surface area contributed by atoms with Gasteiger partial charge in [0.1, 0.15) is 11.8 Å². The highest BCUT2D eigenvalue weighted by Gasteiger charge is 2.48. The maximum atomic E-state index is 13.3. The van der Waals surface area contributed by atoms with Crippen LogP contribution in [0.15, 0.2) is 24.3 Å². The number of rotatable bonds is 12. The monoisotopic (exact) mass is 525 g/mol. The Morgan fingerprint density at radius 1 is 1.16 bits per heavy atom. The van der Waals surface area contributed by atoms with Gasteiger partial charge in [0.2, 0.25) is 17.7 Å². The van der Waals surface area contributed by atoms with E-state index >= 15 is 0 Å². The molecule has 0 radical (unpaired) electrons. The van der Waals surface area contributed by atoms with Gasteiger partial charge in [-0.25, -0.2) is 0 Å². The zero-order valence-electron chi connectivity index (χ0n) is 21.2. The van der Waals surface area contributed by atoms with E-state index in [1.54, 1.807) is 12.1 Å². The van der Waals surface area contributed by atoms with Crippen molar-refractivity contribution in [2.45, 2.75) is 52.1 Å². The number of benzene rings is 1. The molecule has 0 spiro atoms. The quantitative estimate of drug-likeness (QED) is 0.301. The van der Waals surface area contributed by atoms with Crippen LogP contribution < -0.4 is 15.5 Å². The third-order valence-electron chi connectivity index (χ3n) is 7.38. The molecule has 1 saturated carbocycles. The molecule has 4 rings (SSSR count). The lowest BCUT2D eigenvalue weighted by atomic mass is 9.85. The molecule has 3 amide bonds. The van der Waals surface area contributed by atoms with Crippen LogP contribution >= 0.6 is 0 Å². The number of carbonyl (C=O) groups is 5. The Bertz CT molecular complexity index is 1220. The number of aliphatic carboxylic acids is 1. The van der Waals surface area contributed by atoms with Gasteiger partial charge in [0, 0.05) is 30.4 Å². The summed E-state index contributed by atoms with van der Waals surface area (Å²) in [5, 5.41) is 27.8. The number of para-hydroxylation sites is 1. The van der Waals surface area contributed by atoms with Crippen molar-refractivity contribution >= 4 is 35.2 Å². The Morgan fingerprint density at radius 2 is 1.92 bits per heavy atom. The van der Waals surface area contributed by atoms with E-state index in [9.17, 15) is 24.0 Å². The second kappa shape index (κ2) is 11.5. The number of H-pyrrole nitrogens is 1. The summed E-state index contributed by atoms with van der Waals surface area (Å²) in [5.74, 6) is -4.32. The first-order valence-corrected chi connectivity index (χ1v) is 12.6. The first-order valence-electron chi connectivity index (χ1n) is 12.6. The van der Waals surface area contributed by atoms with Crippen molar-refractivity contribution in [3.63, 3.8) is 0 Å². The number of aromatic nitrogens is 4. The minimum Gasteiger partial charge on any atom is -0.481 e. The largest absolute Gasteiger partial charge is 0.481 e. The van der Waals surface area contributed by atoms with Crippen LogP contribution in [0.4, 0.5) is 5.69 Å². The second-order valence-electron chi connectivity index (χ2n) is 9.83. The molecule has 2 aromatic rings. The second-order valence-corrected chi connectivity index (χ2v) is 9.83. The molecule has 2 aliphatic rings. The van der Waals surface area contributed by atoms with Crippen LogP contribution in [0.25, 0.3) is 0 Å². The summed E-state index contributed by atoms with van der Waals surface area (Å²) in [5.41, 5.74) is 1.42. The minimum atomic E-state index is -1.000. The van der Waals surface area contributed by atoms with Crippen molar-refractivity contribution in [1.29, 1.82) is 0 Å². The van der Waals surface area contributed by atoms with Crippen LogP contribution in [-0.2, 0) is 36.9 Å². The first-order chi connectivity index (χ1) is 18.2. The molecule has 1 aliphatic heterocycles. The molecular formula is C25H31N7O6. The van der Waals surface area contributed by atoms with Crippen LogP contribution in [0.5, 0.6) is 0 Å². The number of carboxylic acid groups (broad SMARTS) is 1. The molecule has 1 aromatic heterocycles. The Kier molecular flexibility index (Phi) is 8.13. The molecule has 13 nitrogen and oxygen atoms in total. The third kappa shape index (κ3) is 5.87. The number of carboxylic acids is 1. The molecule has 2 heterocycles. The van der Waals surface area contributed by atoms with Crippen molar-refractivity contribution in [3.05, 3.63) is 35.7 Å². The molecule has 4 N–H and O–H groups in total. The van der Waals surface area contributed by atoms with Crippen molar-refractivity contribution < 1.29 is 29.1 Å². The predicted molar refractivity (Wildman–Crippen MR) is 132 cm³/mol. The highest BCUT2D eigenvalue weighted by atomic mass is 16.4. The average molecular weight is 526 g/mol. The summed E-state index contributed by atoms with van der Waals surface area (Å²) in [6.07, 6.45) is 1.17. The maximum absolute atomic E-state index is 13.3. The van der Waals surface area contributed by atoms with Gasteiger partial charge < -0.3 is 15.7 Å². The maximum Gasteiger partial charge on any atom is 0.307 e. The number of nitrogens with zero attached hydrogens (tertiary/aromatic N) is 4. The first kappa shape index (κ1) is 26.9. The number of amides is 3. The predicted octanol–water partition coefficient (Wildman–Crippen LogP) is 0.232. The smallest absolute Gasteiger partial charge is 0.307 e. The number of nitrogens with one attached hydrogen (secondary N) is 3. The SMILES string of the molecule is CC[C@H](C)[C@H](CC(=O)C1CC1C(=O)O)C(=O)NCC(=O)N1c2ccccc2C[C@H]1C(=O)NCc1nn[nH]n1. The molecule has 1 aromatic carbocycles. The molecule has 1 fully saturated rings. The van der Waals surface area contributed by atoms with Gasteiger partial charge in [-0.3, -0.25) is 28.9 Å². The number of Topliss-reactive ketones (excluding diaryl/α,β-unsaturated/α-hetero) is 1. The van der Waals surface area contributed by atoms with Gasteiger partial charge in [0.15, 0.2) is 5.82 Å². The molecular weight excluding hydrogens is 494 g/mol. The number of aromatic amines is 1. The summed E-state index contributed by atoms with van der Waals surface area (Å²) < 4.78 is 0. The van der Waals surface area contributed by atoms with Gasteiger partial charge >= 0.3 is 5.97 Å². The summed E-state index contributed by atoms with van der Waals surface area (Å²) in [6.45, 7) is 3.43. The molecule has 1 aliphatic carbocycles. The zero-order valence-corrected chi connectivity index (χ0v) is 21.2. The average Bonchev–Trinajstić information content (AvgIpc) is 3.37. The fraction of sp³-hybridized carbons (Fsp3) is 0.520. The van der Waals surface area contributed by atoms with Gasteiger partial charge in [0.05, 0.1) is 19.0 Å². The topological polar surface area (TPSA) is 187 Å². The fourth-order valence-electron chi connectivity index (χ4n) is 4.85. The number of tetrazole rings is 1. The summed E-state index contributed by atoms with van der Waals surface area (Å²) in [4.78, 5) is 64.6. The molecule has 0 bridgehead atoms. The Hall–Kier alpha value is -4.16. The molecule has 202 valence electrons. The molecule has 2 unspecified atom stereocenters. The van der Waals surface area contributed by atoms with E-state index in [4.69, 9.17) is 5.11 Å². The Labute approximate surface area is 218 Å². The number of anilines is 1. The van der Waals surface area contributed by atoms with E-state index in [2.05, 4.69) is 31.3 Å². The van der Waals surface area contributed by atoms with Gasteiger partial charge in [0.25, 0.3) is 0 Å². The van der Waals surface area contributed by atoms with Gasteiger partial charge in [-0.1, -0.05) is 43.7 Å². The van der Waals surface area contributed by atoms with Crippen molar-refractivity contribution in [2.75, 3.05) is 11.4 Å². The van der Waals surface area contributed by atoms with E-state index in [0.29, 0.717) is 30.8 Å². The fourth-order valence-corrected chi connectivity index (χ4v) is 4.85. The standard InChI is InChI=1S/C25H31N7O6/c1-3-13(2)15(10-20(33)16-9-17(16)25(37)38)23(35)27-12-22(34)32-18-7-5-4-6-14(18)8-19(32)24(36)26-11-21-28-30-31-29-21/h4-7,13,15-17,19H,3,8-12H2,1-2H3,(H,26,36)(H,27,35)(H,37,38)(H,28,29,30,31)/t13-,15-,16?,17?,19-/m0/s1. The van der Waals surface area contributed by atoms with E-state index in [1.165, 1.54) is 4.90 Å². The number of ketones is 1. The number of hydrogen-bond donors (Lipinski definition) is 4. The zero-order chi connectivity index (χ0) is 27.4. The number of carbonyl (C=O) groups excluding carboxylic acids is 4. The van der Waals surface area contributed by atoms with E-state index in [0.717, 1.165) is 5.56 Å². The van der Waals surface area contributed by atoms with Crippen LogP contribution in [0, 0.1) is 23.7 Å². The van der Waals surface area contributed by atoms with Crippen LogP contribution in [0.1, 0.15) is 44.5 Å². The molecule has 38 heavy (non-hydrogen) atoms. The van der Waals surface area contributed by atoms with Crippen LogP contribution in [0.2, 0.25) is 0 Å². The molecule has 0 saturated heterocycles. The van der Waals surface area contributed by atoms with E-state index in [1.807, 2.05) is 26.0 Å². The lowest BCUT2D eigenvalue weighted by Gasteiger charge is -2.26. The lowest BCUT2D eigenvalue weighted by Crippen LogP contribution is -2.51. The number of fused-ring (bicyclic) bond motifs is 1. The van der Waals surface area contributed by atoms with Crippen molar-refractivity contribution in [1.82, 2.24) is 31.3 Å². The lowest BCUT2D eigenvalue weighted by molar-refractivity contribution is -0.140. The third-order valence-corrected chi connectivity index (χ3v) is 7.38. The van der Waals surface area contributed by atoms with Crippen molar-refractivity contribution in [2.24, 2.45) is 23.7 Å². The summed E-state index contributed by atoms with van der Waals surface area (Å²) in [6, 6.07) is 6.36. The van der Waals surface area contributed by atoms with Gasteiger partial charge in [-0.2, -0.15) is 5.21 Å². The van der Waals surface area contributed by atoms with Gasteiger partial charge in [-0.15, -0.1) is 10.2 Å². The number of hydrogen-bond acceptors (Lipinski definition) is 8. The van der Waals surface area contributed by atoms with Crippen molar-refractivity contribution in [3.8, 4) is 0 Å². The Morgan fingerprint density at radius 3 is 2.58 bits per heavy atom. The highest BCUT2D eigenvalue weighted by Crippen LogP contribution is 2.41. The van der Waals surface area contributed by atoms with Crippen LogP contribution in [-0.4, -0.2) is 67.8 Å². The Balaban J connectivity index is 1.41.